The second kappa shape index (κ2) is 11.4. The molecule has 0 saturated heterocycles. The van der Waals surface area contributed by atoms with Crippen LogP contribution in [0.2, 0.25) is 0 Å². The van der Waals surface area contributed by atoms with E-state index in [-0.39, 0.29) is 5.97 Å². The zero-order chi connectivity index (χ0) is 13.8. The van der Waals surface area contributed by atoms with Gasteiger partial charge >= 0.3 is 15.3 Å². The van der Waals surface area contributed by atoms with Crippen LogP contribution in [0, 0.1) is 0 Å². The van der Waals surface area contributed by atoms with E-state index >= 15 is 0 Å². The first-order chi connectivity index (χ1) is 8.61. The van der Waals surface area contributed by atoms with Gasteiger partial charge in [0.05, 0.1) is 12.8 Å². The lowest BCUT2D eigenvalue weighted by atomic mass is 10.4. The lowest BCUT2D eigenvalue weighted by Gasteiger charge is -2.14. The highest BCUT2D eigenvalue weighted by Crippen LogP contribution is 1.95. The van der Waals surface area contributed by atoms with Gasteiger partial charge in [-0.2, -0.15) is 0 Å². The Morgan fingerprint density at radius 2 is 1.78 bits per heavy atom. The van der Waals surface area contributed by atoms with E-state index < -0.39 is 9.28 Å². The molecule has 0 N–H and O–H groups in total. The van der Waals surface area contributed by atoms with Gasteiger partial charge in [-0.25, -0.2) is 4.79 Å². The highest BCUT2D eigenvalue weighted by Gasteiger charge is 2.11. The lowest BCUT2D eigenvalue weighted by Crippen LogP contribution is -2.29. The first kappa shape index (κ1) is 17.3. The molecule has 6 heteroatoms. The van der Waals surface area contributed by atoms with Crippen LogP contribution in [0.1, 0.15) is 27.2 Å². The maximum Gasteiger partial charge on any atom is 0.348 e. The number of esters is 1. The predicted octanol–water partition coefficient (Wildman–Crippen LogP) is 1.35. The van der Waals surface area contributed by atoms with E-state index in [1.165, 1.54) is 0 Å². The van der Waals surface area contributed by atoms with E-state index in [2.05, 4.69) is 6.58 Å². The molecule has 0 saturated carbocycles. The average molecular weight is 276 g/mol. The average Bonchev–Trinajstić information content (AvgIpc) is 2.33. The van der Waals surface area contributed by atoms with Crippen LogP contribution < -0.4 is 0 Å². The smallest absolute Gasteiger partial charge is 0.348 e. The van der Waals surface area contributed by atoms with Crippen LogP contribution in [0.25, 0.3) is 0 Å². The molecule has 0 aromatic carbocycles. The van der Waals surface area contributed by atoms with Crippen molar-refractivity contribution in [2.24, 2.45) is 0 Å². The van der Waals surface area contributed by atoms with Crippen molar-refractivity contribution < 1.29 is 23.1 Å². The molecule has 0 amide bonds. The van der Waals surface area contributed by atoms with Crippen molar-refractivity contribution in [2.45, 2.75) is 27.2 Å². The Bertz CT molecular complexity index is 239. The molecule has 0 rings (SSSR count). The Morgan fingerprint density at radius 3 is 2.28 bits per heavy atom. The summed E-state index contributed by atoms with van der Waals surface area (Å²) in [6.45, 7) is 11.2. The quantitative estimate of drug-likeness (QED) is 0.247. The molecule has 0 aromatic heterocycles. The third-order valence-electron chi connectivity index (χ3n) is 1.97. The fraction of sp³-hybridized carbons (Fsp3) is 0.750. The van der Waals surface area contributed by atoms with Gasteiger partial charge in [-0.3, -0.25) is 0 Å². The van der Waals surface area contributed by atoms with Crippen molar-refractivity contribution >= 4 is 15.3 Å². The lowest BCUT2D eigenvalue weighted by molar-refractivity contribution is -0.139. The van der Waals surface area contributed by atoms with E-state index in [4.69, 9.17) is 18.3 Å². The summed E-state index contributed by atoms with van der Waals surface area (Å²) in [7, 11) is -1.67. The van der Waals surface area contributed by atoms with Gasteiger partial charge in [0, 0.05) is 31.8 Å². The highest BCUT2D eigenvalue weighted by molar-refractivity contribution is 6.44. The fourth-order valence-corrected chi connectivity index (χ4v) is 2.54. The summed E-state index contributed by atoms with van der Waals surface area (Å²) in [6.07, 6.45) is 1.19. The Morgan fingerprint density at radius 1 is 1.17 bits per heavy atom. The summed E-state index contributed by atoms with van der Waals surface area (Å²) in [5.41, 5.74) is 0.413. The number of carbonyl (C=O) groups is 1. The number of carbonyl (C=O) groups excluding carboxylic acids is 1. The third kappa shape index (κ3) is 9.35. The zero-order valence-corrected chi connectivity index (χ0v) is 12.7. The number of hydrogen-bond donors (Lipinski definition) is 0. The molecule has 0 aliphatic rings. The second-order valence-electron chi connectivity index (χ2n) is 3.68. The van der Waals surface area contributed by atoms with Crippen molar-refractivity contribution in [3.8, 4) is 0 Å². The minimum absolute atomic E-state index is 0.348. The van der Waals surface area contributed by atoms with Crippen molar-refractivity contribution in [1.82, 2.24) is 0 Å². The molecule has 0 bridgehead atoms. The third-order valence-corrected chi connectivity index (χ3v) is 3.89. The molecule has 18 heavy (non-hydrogen) atoms. The van der Waals surface area contributed by atoms with Gasteiger partial charge in [0.25, 0.3) is 0 Å². The van der Waals surface area contributed by atoms with Crippen LogP contribution in [-0.4, -0.2) is 47.9 Å². The van der Waals surface area contributed by atoms with Crippen LogP contribution in [-0.2, 0) is 23.1 Å². The fourth-order valence-electron chi connectivity index (χ4n) is 1.14. The molecular weight excluding hydrogens is 252 g/mol. The number of ether oxygens (including phenoxy) is 2. The van der Waals surface area contributed by atoms with E-state index in [0.29, 0.717) is 44.7 Å². The maximum atomic E-state index is 11.1. The molecular formula is C12H24O5Si. The Labute approximate surface area is 111 Å². The van der Waals surface area contributed by atoms with Crippen LogP contribution in [0.3, 0.4) is 0 Å². The Balaban J connectivity index is 3.48. The Kier molecular flexibility index (Phi) is 11.0. The minimum Gasteiger partial charge on any atom is -0.462 e. The topological polar surface area (TPSA) is 54.0 Å². The van der Waals surface area contributed by atoms with E-state index in [1.54, 1.807) is 6.92 Å². The molecule has 0 unspecified atom stereocenters. The molecule has 0 aromatic rings. The highest BCUT2D eigenvalue weighted by atomic mass is 28.3. The summed E-state index contributed by atoms with van der Waals surface area (Å²) in [4.78, 5) is 11.1. The summed E-state index contributed by atoms with van der Waals surface area (Å²) in [5.74, 6) is -0.356. The van der Waals surface area contributed by atoms with E-state index in [9.17, 15) is 4.79 Å². The zero-order valence-electron chi connectivity index (χ0n) is 11.6. The molecule has 0 atom stereocenters. The molecule has 0 heterocycles. The van der Waals surface area contributed by atoms with Gasteiger partial charge < -0.3 is 18.3 Å². The molecule has 0 aliphatic carbocycles. The van der Waals surface area contributed by atoms with E-state index in [1.807, 2.05) is 13.8 Å². The molecule has 0 fully saturated rings. The standard InChI is InChI=1S/C12H24O5Si/c1-5-16-18(17-6-2)10-14-8-7-9-15-12(13)11(3)4/h18H,3,5-10H2,1-2,4H3. The summed E-state index contributed by atoms with van der Waals surface area (Å²) >= 11 is 0. The second-order valence-corrected chi connectivity index (χ2v) is 5.54. The van der Waals surface area contributed by atoms with Gasteiger partial charge in [-0.05, 0) is 20.8 Å². The van der Waals surface area contributed by atoms with Crippen molar-refractivity contribution in [3.05, 3.63) is 12.2 Å². The largest absolute Gasteiger partial charge is 0.462 e. The monoisotopic (exact) mass is 276 g/mol. The molecule has 0 radical (unpaired) electrons. The van der Waals surface area contributed by atoms with Gasteiger partial charge in [0.1, 0.15) is 0 Å². The number of hydrogen-bond acceptors (Lipinski definition) is 5. The minimum atomic E-state index is -1.67. The SMILES string of the molecule is C=C(C)C(=O)OCCCOC[SiH](OCC)OCC. The van der Waals surface area contributed by atoms with Crippen LogP contribution in [0.5, 0.6) is 0 Å². The maximum absolute atomic E-state index is 11.1. The van der Waals surface area contributed by atoms with Gasteiger partial charge in [-0.1, -0.05) is 6.58 Å². The summed E-state index contributed by atoms with van der Waals surface area (Å²) in [6, 6.07) is 0. The first-order valence-electron chi connectivity index (χ1n) is 6.25. The van der Waals surface area contributed by atoms with Crippen LogP contribution >= 0.6 is 0 Å². The Hall–Kier alpha value is -0.693. The molecule has 0 spiro atoms. The summed E-state index contributed by atoms with van der Waals surface area (Å²) < 4.78 is 21.3. The molecule has 5 nitrogen and oxygen atoms in total. The van der Waals surface area contributed by atoms with Gasteiger partial charge in [-0.15, -0.1) is 0 Å². The van der Waals surface area contributed by atoms with Crippen molar-refractivity contribution in [1.29, 1.82) is 0 Å². The van der Waals surface area contributed by atoms with E-state index in [0.717, 1.165) is 0 Å². The first-order valence-corrected chi connectivity index (χ1v) is 8.01. The molecule has 0 aliphatic heterocycles. The van der Waals surface area contributed by atoms with Crippen LogP contribution in [0.4, 0.5) is 0 Å². The predicted molar refractivity (Wildman–Crippen MR) is 71.6 cm³/mol. The van der Waals surface area contributed by atoms with Crippen LogP contribution in [0.15, 0.2) is 12.2 Å². The molecule has 106 valence electrons. The van der Waals surface area contributed by atoms with Crippen molar-refractivity contribution in [2.75, 3.05) is 32.7 Å². The number of rotatable bonds is 11. The normalized spacial score (nSPS) is 10.7. The van der Waals surface area contributed by atoms with Gasteiger partial charge in [0.15, 0.2) is 0 Å². The summed E-state index contributed by atoms with van der Waals surface area (Å²) in [5, 5.41) is 0. The van der Waals surface area contributed by atoms with Gasteiger partial charge in [0.2, 0.25) is 0 Å². The van der Waals surface area contributed by atoms with Crippen molar-refractivity contribution in [3.63, 3.8) is 0 Å².